The molecule has 0 aliphatic carbocycles. The third kappa shape index (κ3) is 11.5. The van der Waals surface area contributed by atoms with Gasteiger partial charge in [-0.25, -0.2) is 4.79 Å². The Balaban J connectivity index is 1.91. The molecule has 0 radical (unpaired) electrons. The summed E-state index contributed by atoms with van der Waals surface area (Å²) < 4.78 is 43.8. The lowest BCUT2D eigenvalue weighted by Gasteiger charge is -2.16. The Kier molecular flexibility index (Phi) is 15.1. The third-order valence-corrected chi connectivity index (χ3v) is 11.6. The number of carbonyl (C=O) groups is 3. The smallest absolute Gasteiger partial charge is 0.446 e. The van der Waals surface area contributed by atoms with Crippen molar-refractivity contribution in [2.75, 3.05) is 24.6 Å². The third-order valence-electron chi connectivity index (χ3n) is 7.02. The first-order valence-corrected chi connectivity index (χ1v) is 21.1. The average Bonchev–Trinajstić information content (AvgIpc) is 3.10. The number of rotatable bonds is 3. The van der Waals surface area contributed by atoms with Crippen molar-refractivity contribution in [3.63, 3.8) is 0 Å². The van der Waals surface area contributed by atoms with E-state index in [-0.39, 0.29) is 84.3 Å². The fourth-order valence-corrected chi connectivity index (χ4v) is 8.57. The van der Waals surface area contributed by atoms with E-state index in [1.54, 1.807) is 0 Å². The minimum Gasteiger partial charge on any atom is -0.506 e. The van der Waals surface area contributed by atoms with Crippen molar-refractivity contribution in [3.8, 4) is 34.1 Å². The number of hydrogen-bond acceptors (Lipinski definition) is 15. The number of oxime groups is 2. The molecule has 0 fully saturated rings. The first-order valence-electron chi connectivity index (χ1n) is 14.9. The van der Waals surface area contributed by atoms with Crippen LogP contribution in [-0.4, -0.2) is 92.5 Å². The van der Waals surface area contributed by atoms with Crippen LogP contribution in [0.3, 0.4) is 0 Å². The SMILES string of the molecule is O=C1NCCSSCCNC(=O)/C(=N\O)Cc2cc(Br)c(O)c(c2)-c2cc(cc(Br)c2OS(=O)(=O)O)/C=C(\C(=O)O)Oc2cc(cc(Br)c2O)C/C1=N/O. The Labute approximate surface area is 339 Å². The summed E-state index contributed by atoms with van der Waals surface area (Å²) in [4.78, 5) is 38.1. The van der Waals surface area contributed by atoms with Crippen LogP contribution in [0.2, 0.25) is 0 Å². The number of ether oxygens (including phenoxy) is 1. The van der Waals surface area contributed by atoms with Gasteiger partial charge >= 0.3 is 16.4 Å². The fourth-order valence-electron chi connectivity index (χ4n) is 4.71. The van der Waals surface area contributed by atoms with Gasteiger partial charge in [0.05, 0.1) is 13.4 Å². The number of nitrogens with one attached hydrogen (secondary N) is 2. The zero-order chi connectivity index (χ0) is 39.7. The van der Waals surface area contributed by atoms with Crippen LogP contribution in [0, 0.1) is 0 Å². The summed E-state index contributed by atoms with van der Waals surface area (Å²) in [6.07, 6.45) is 0.423. The van der Waals surface area contributed by atoms with Crippen LogP contribution in [0.5, 0.6) is 23.0 Å². The average molecular weight is 999 g/mol. The molecule has 288 valence electrons. The van der Waals surface area contributed by atoms with E-state index in [0.29, 0.717) is 11.5 Å². The maximum atomic E-state index is 12.9. The van der Waals surface area contributed by atoms with Crippen molar-refractivity contribution in [2.24, 2.45) is 10.3 Å². The molecule has 0 spiro atoms. The van der Waals surface area contributed by atoms with Crippen molar-refractivity contribution >= 4 is 115 Å². The van der Waals surface area contributed by atoms with E-state index in [2.05, 4.69) is 68.7 Å². The first-order chi connectivity index (χ1) is 25.5. The van der Waals surface area contributed by atoms with E-state index in [1.807, 2.05) is 0 Å². The number of nitrogens with zero attached hydrogens (tertiary/aromatic N) is 2. The summed E-state index contributed by atoms with van der Waals surface area (Å²) >= 11 is 9.55. The van der Waals surface area contributed by atoms with Gasteiger partial charge in [0, 0.05) is 48.6 Å². The zero-order valence-electron chi connectivity index (χ0n) is 27.1. The number of carbonyl (C=O) groups excluding carboxylic acids is 2. The van der Waals surface area contributed by atoms with Gasteiger partial charge in [0.2, 0.25) is 5.76 Å². The van der Waals surface area contributed by atoms with Gasteiger partial charge in [0.15, 0.2) is 17.2 Å². The minimum absolute atomic E-state index is 0.00608. The molecule has 0 aromatic heterocycles. The second-order valence-corrected chi connectivity index (χ2v) is 17.1. The topological polar surface area (TPSA) is 274 Å². The molecule has 8 N–H and O–H groups in total. The second kappa shape index (κ2) is 19.0. The summed E-state index contributed by atoms with van der Waals surface area (Å²) in [6, 6.07) is 7.73. The molecule has 1 aliphatic rings. The maximum Gasteiger partial charge on any atom is 0.446 e. The number of aliphatic carboxylic acids is 1. The lowest BCUT2D eigenvalue weighted by Crippen LogP contribution is -2.34. The number of carboxylic acids is 1. The van der Waals surface area contributed by atoms with Gasteiger partial charge in [-0.15, -0.1) is 0 Å². The summed E-state index contributed by atoms with van der Waals surface area (Å²) in [7, 11) is -2.41. The standard InChI is InChI=1S/C31H27Br3N4O13S3/c32-19-7-14-5-17(26(19)39)18-6-15(9-21(34)28(18)51-54(47,48)49)13-25(31(43)44)50-24-12-16(8-20(33)27(24)40)11-23(38-46)30(42)36-2-4-53-52-3-1-35-29(41)22(10-14)37-45/h5-9,12-13,39-40,45-46H,1-4,10-11H2,(H,35,41)(H,36,42)(H,43,44)(H,47,48,49)/b25-13+,37-22-,38-23-. The number of fused-ring (bicyclic) bond motifs is 7. The van der Waals surface area contributed by atoms with Crippen molar-refractivity contribution in [2.45, 2.75) is 12.8 Å². The van der Waals surface area contributed by atoms with Gasteiger partial charge in [0.1, 0.15) is 17.2 Å². The number of benzene rings is 3. The molecule has 23 heteroatoms. The highest BCUT2D eigenvalue weighted by Crippen LogP contribution is 2.45. The largest absolute Gasteiger partial charge is 0.506 e. The van der Waals surface area contributed by atoms with E-state index in [9.17, 15) is 53.1 Å². The highest BCUT2D eigenvalue weighted by Gasteiger charge is 2.25. The Morgan fingerprint density at radius 2 is 1.33 bits per heavy atom. The number of hydrogen-bond donors (Lipinski definition) is 8. The molecule has 0 saturated heterocycles. The molecule has 6 bridgehead atoms. The molecule has 54 heavy (non-hydrogen) atoms. The van der Waals surface area contributed by atoms with Crippen molar-refractivity contribution in [1.29, 1.82) is 0 Å². The quantitative estimate of drug-likeness (QED) is 0.0733. The summed E-state index contributed by atoms with van der Waals surface area (Å²) in [6.45, 7) is 0.360. The molecule has 2 amide bonds. The molecule has 3 aromatic carbocycles. The van der Waals surface area contributed by atoms with Gasteiger partial charge in [-0.2, -0.15) is 8.42 Å². The van der Waals surface area contributed by atoms with Crippen LogP contribution < -0.4 is 19.6 Å². The van der Waals surface area contributed by atoms with Gasteiger partial charge in [-0.3, -0.25) is 14.1 Å². The van der Waals surface area contributed by atoms with Crippen molar-refractivity contribution in [3.05, 3.63) is 72.3 Å². The summed E-state index contributed by atoms with van der Waals surface area (Å²) in [5.41, 5.74) is -0.459. The van der Waals surface area contributed by atoms with Gasteiger partial charge < -0.3 is 45.3 Å². The maximum absolute atomic E-state index is 12.9. The number of halogens is 3. The number of amides is 2. The predicted molar refractivity (Wildman–Crippen MR) is 210 cm³/mol. The lowest BCUT2D eigenvalue weighted by molar-refractivity contribution is -0.135. The minimum atomic E-state index is -5.18. The number of phenolic OH excluding ortho intramolecular Hbond substituents is 2. The van der Waals surface area contributed by atoms with E-state index >= 15 is 0 Å². The van der Waals surface area contributed by atoms with Crippen LogP contribution in [0.25, 0.3) is 17.2 Å². The number of phenols is 2. The molecular weight excluding hydrogens is 972 g/mol. The lowest BCUT2D eigenvalue weighted by atomic mass is 9.97. The molecule has 4 rings (SSSR count). The number of carboxylic acid groups (broad SMARTS) is 1. The van der Waals surface area contributed by atoms with Crippen LogP contribution in [0.4, 0.5) is 0 Å². The Bertz CT molecular complexity index is 2180. The van der Waals surface area contributed by atoms with Gasteiger partial charge in [-0.1, -0.05) is 31.9 Å². The first kappa shape index (κ1) is 42.7. The fraction of sp³-hybridized carbons (Fsp3) is 0.194. The zero-order valence-corrected chi connectivity index (χ0v) is 34.3. The van der Waals surface area contributed by atoms with E-state index in [0.717, 1.165) is 6.08 Å². The van der Waals surface area contributed by atoms with E-state index in [4.69, 9.17) is 8.92 Å². The molecule has 0 unspecified atom stereocenters. The predicted octanol–water partition coefficient (Wildman–Crippen LogP) is 5.11. The molecule has 0 atom stereocenters. The molecule has 1 heterocycles. The number of aromatic hydroxyl groups is 2. The monoisotopic (exact) mass is 996 g/mol. The Morgan fingerprint density at radius 3 is 1.85 bits per heavy atom. The van der Waals surface area contributed by atoms with Crippen molar-refractivity contribution in [1.82, 2.24) is 10.6 Å². The molecule has 0 saturated carbocycles. The Morgan fingerprint density at radius 1 is 0.796 bits per heavy atom. The highest BCUT2D eigenvalue weighted by molar-refractivity contribution is 9.11. The van der Waals surface area contributed by atoms with E-state index in [1.165, 1.54) is 58.0 Å². The van der Waals surface area contributed by atoms with E-state index < -0.39 is 51.2 Å². The summed E-state index contributed by atoms with van der Waals surface area (Å²) in [5.74, 6) is -4.87. The van der Waals surface area contributed by atoms with Gasteiger partial charge in [0.25, 0.3) is 11.8 Å². The molecular formula is C31H27Br3N4O13S3. The van der Waals surface area contributed by atoms with Crippen LogP contribution >= 0.6 is 69.4 Å². The van der Waals surface area contributed by atoms with Crippen molar-refractivity contribution < 1.29 is 62.0 Å². The van der Waals surface area contributed by atoms with Crippen LogP contribution in [0.1, 0.15) is 16.7 Å². The normalized spacial score (nSPS) is 17.8. The molecule has 1 aliphatic heterocycles. The van der Waals surface area contributed by atoms with Crippen LogP contribution in [-0.2, 0) is 37.6 Å². The Hall–Kier alpha value is -4.00. The summed E-state index contributed by atoms with van der Waals surface area (Å²) in [5, 5.41) is 62.7. The molecule has 17 nitrogen and oxygen atoms in total. The van der Waals surface area contributed by atoms with Crippen LogP contribution in [0.15, 0.2) is 65.9 Å². The highest BCUT2D eigenvalue weighted by atomic mass is 79.9. The second-order valence-electron chi connectivity index (χ2n) is 10.8. The van der Waals surface area contributed by atoms with Gasteiger partial charge in [-0.05, 0) is 107 Å². The molecule has 3 aromatic rings.